The molecule has 76 valence electrons. The molecule has 1 saturated heterocycles. The molecule has 13 heavy (non-hydrogen) atoms. The molecule has 0 bridgehead atoms. The van der Waals surface area contributed by atoms with Gasteiger partial charge in [0.2, 0.25) is 0 Å². The Bertz CT molecular complexity index is 172. The molecule has 1 fully saturated rings. The van der Waals surface area contributed by atoms with E-state index in [4.69, 9.17) is 5.11 Å². The Hall–Kier alpha value is -0.770. The minimum absolute atomic E-state index is 0.160. The quantitative estimate of drug-likeness (QED) is 0.662. The normalized spacial score (nSPS) is 23.8. The third-order valence-electron chi connectivity index (χ3n) is 2.46. The van der Waals surface area contributed by atoms with Gasteiger partial charge in [-0.3, -0.25) is 0 Å². The summed E-state index contributed by atoms with van der Waals surface area (Å²) in [7, 11) is 1.39. The number of methoxy groups -OCH3 is 1. The molecule has 0 spiro atoms. The van der Waals surface area contributed by atoms with Crippen molar-refractivity contribution >= 4 is 6.09 Å². The van der Waals surface area contributed by atoms with Gasteiger partial charge in [0.1, 0.15) is 0 Å². The van der Waals surface area contributed by atoms with Gasteiger partial charge in [0.25, 0.3) is 0 Å². The fourth-order valence-corrected chi connectivity index (χ4v) is 1.67. The van der Waals surface area contributed by atoms with E-state index in [0.717, 1.165) is 25.8 Å². The smallest absolute Gasteiger partial charge is 0.409 e. The fourth-order valence-electron chi connectivity index (χ4n) is 1.67. The molecular formula is C9H17NO3. The van der Waals surface area contributed by atoms with E-state index < -0.39 is 0 Å². The van der Waals surface area contributed by atoms with Gasteiger partial charge in [-0.25, -0.2) is 4.79 Å². The lowest BCUT2D eigenvalue weighted by atomic mass is 10.1. The van der Waals surface area contributed by atoms with Crippen molar-refractivity contribution in [2.24, 2.45) is 5.92 Å². The molecule has 0 aromatic heterocycles. The van der Waals surface area contributed by atoms with Crippen LogP contribution in [0.4, 0.5) is 4.79 Å². The maximum Gasteiger partial charge on any atom is 0.409 e. The van der Waals surface area contributed by atoms with Crippen LogP contribution in [0.1, 0.15) is 19.3 Å². The van der Waals surface area contributed by atoms with Crippen molar-refractivity contribution in [2.75, 3.05) is 26.8 Å². The number of carbonyl (C=O) groups is 1. The van der Waals surface area contributed by atoms with Crippen LogP contribution in [-0.2, 0) is 4.74 Å². The van der Waals surface area contributed by atoms with Gasteiger partial charge in [-0.1, -0.05) is 6.42 Å². The summed E-state index contributed by atoms with van der Waals surface area (Å²) in [5.74, 6) is 0.224. The van der Waals surface area contributed by atoms with Gasteiger partial charge in [-0.15, -0.1) is 0 Å². The Balaban J connectivity index is 2.48. The van der Waals surface area contributed by atoms with Gasteiger partial charge in [-0.05, 0) is 18.8 Å². The van der Waals surface area contributed by atoms with Crippen molar-refractivity contribution in [2.45, 2.75) is 19.3 Å². The number of hydrogen-bond donors (Lipinski definition) is 1. The van der Waals surface area contributed by atoms with Crippen LogP contribution in [0.2, 0.25) is 0 Å². The topological polar surface area (TPSA) is 49.8 Å². The van der Waals surface area contributed by atoms with E-state index in [1.54, 1.807) is 4.90 Å². The van der Waals surface area contributed by atoms with E-state index in [2.05, 4.69) is 4.74 Å². The van der Waals surface area contributed by atoms with Crippen molar-refractivity contribution in [3.63, 3.8) is 0 Å². The zero-order chi connectivity index (χ0) is 9.68. The first kappa shape index (κ1) is 10.3. The van der Waals surface area contributed by atoms with Crippen LogP contribution in [0.5, 0.6) is 0 Å². The number of amides is 1. The number of rotatable bonds is 1. The second kappa shape index (κ2) is 5.07. The first-order valence-electron chi connectivity index (χ1n) is 4.71. The number of aliphatic hydroxyl groups is 1. The monoisotopic (exact) mass is 187 g/mol. The average Bonchev–Trinajstić information content (AvgIpc) is 2.41. The molecule has 1 atom stereocenters. The number of nitrogens with zero attached hydrogens (tertiary/aromatic N) is 1. The van der Waals surface area contributed by atoms with E-state index >= 15 is 0 Å². The maximum absolute atomic E-state index is 11.2. The Kier molecular flexibility index (Phi) is 4.02. The maximum atomic E-state index is 11.2. The van der Waals surface area contributed by atoms with E-state index in [1.807, 2.05) is 0 Å². The van der Waals surface area contributed by atoms with Gasteiger partial charge in [0.15, 0.2) is 0 Å². The molecule has 1 amide bonds. The predicted molar refractivity (Wildman–Crippen MR) is 48.4 cm³/mol. The van der Waals surface area contributed by atoms with Gasteiger partial charge >= 0.3 is 6.09 Å². The predicted octanol–water partition coefficient (Wildman–Crippen LogP) is 0.847. The lowest BCUT2D eigenvalue weighted by Crippen LogP contribution is -2.35. The Labute approximate surface area is 78.5 Å². The second-order valence-electron chi connectivity index (χ2n) is 3.46. The second-order valence-corrected chi connectivity index (χ2v) is 3.46. The minimum Gasteiger partial charge on any atom is -0.453 e. The van der Waals surface area contributed by atoms with E-state index in [9.17, 15) is 4.79 Å². The number of likely N-dealkylation sites (tertiary alicyclic amines) is 1. The summed E-state index contributed by atoms with van der Waals surface area (Å²) in [5.41, 5.74) is 0. The number of hydrogen-bond acceptors (Lipinski definition) is 3. The standard InChI is InChI=1S/C9H17NO3/c1-13-9(12)10-5-3-2-4-8(6-10)7-11/h8,11H,2-7H2,1H3. The van der Waals surface area contributed by atoms with Gasteiger partial charge in [-0.2, -0.15) is 0 Å². The van der Waals surface area contributed by atoms with Crippen LogP contribution < -0.4 is 0 Å². The van der Waals surface area contributed by atoms with Crippen LogP contribution in [0.3, 0.4) is 0 Å². The van der Waals surface area contributed by atoms with Crippen LogP contribution in [0, 0.1) is 5.92 Å². The van der Waals surface area contributed by atoms with Crippen LogP contribution >= 0.6 is 0 Å². The van der Waals surface area contributed by atoms with Crippen LogP contribution in [0.15, 0.2) is 0 Å². The molecule has 4 heteroatoms. The van der Waals surface area contributed by atoms with E-state index in [0.29, 0.717) is 6.54 Å². The molecule has 0 saturated carbocycles. The molecule has 0 aromatic carbocycles. The van der Waals surface area contributed by atoms with Crippen molar-refractivity contribution in [3.05, 3.63) is 0 Å². The summed E-state index contributed by atoms with van der Waals surface area (Å²) in [6.07, 6.45) is 2.81. The minimum atomic E-state index is -0.277. The molecule has 0 aromatic rings. The largest absolute Gasteiger partial charge is 0.453 e. The molecule has 4 nitrogen and oxygen atoms in total. The van der Waals surface area contributed by atoms with Gasteiger partial charge < -0.3 is 14.7 Å². The zero-order valence-electron chi connectivity index (χ0n) is 8.03. The molecule has 1 aliphatic heterocycles. The average molecular weight is 187 g/mol. The SMILES string of the molecule is COC(=O)N1CCCCC(CO)C1. The van der Waals surface area contributed by atoms with Crippen molar-refractivity contribution in [1.29, 1.82) is 0 Å². The lowest BCUT2D eigenvalue weighted by molar-refractivity contribution is 0.111. The van der Waals surface area contributed by atoms with Crippen LogP contribution in [0.25, 0.3) is 0 Å². The summed E-state index contributed by atoms with van der Waals surface area (Å²) in [6.45, 7) is 1.54. The number of ether oxygens (including phenoxy) is 1. The summed E-state index contributed by atoms with van der Waals surface area (Å²) in [4.78, 5) is 12.9. The molecule has 1 heterocycles. The number of aliphatic hydroxyl groups excluding tert-OH is 1. The Morgan fingerprint density at radius 3 is 3.00 bits per heavy atom. The highest BCUT2D eigenvalue weighted by Crippen LogP contribution is 2.16. The summed E-state index contributed by atoms with van der Waals surface area (Å²) >= 11 is 0. The van der Waals surface area contributed by atoms with Crippen molar-refractivity contribution < 1.29 is 14.6 Å². The molecule has 1 rings (SSSR count). The Morgan fingerprint density at radius 1 is 1.62 bits per heavy atom. The summed E-state index contributed by atoms with van der Waals surface area (Å²) in [5, 5.41) is 9.01. The third-order valence-corrected chi connectivity index (χ3v) is 2.46. The Morgan fingerprint density at radius 2 is 2.38 bits per heavy atom. The number of carbonyl (C=O) groups excluding carboxylic acids is 1. The summed E-state index contributed by atoms with van der Waals surface area (Å²) in [6, 6.07) is 0. The molecule has 0 radical (unpaired) electrons. The third kappa shape index (κ3) is 2.88. The first-order valence-corrected chi connectivity index (χ1v) is 4.71. The fraction of sp³-hybridized carbons (Fsp3) is 0.889. The highest BCUT2D eigenvalue weighted by molar-refractivity contribution is 5.67. The van der Waals surface area contributed by atoms with Crippen molar-refractivity contribution in [1.82, 2.24) is 4.90 Å². The van der Waals surface area contributed by atoms with E-state index in [-0.39, 0.29) is 18.6 Å². The van der Waals surface area contributed by atoms with Gasteiger partial charge in [0, 0.05) is 19.7 Å². The van der Waals surface area contributed by atoms with Crippen LogP contribution in [-0.4, -0.2) is 42.9 Å². The van der Waals surface area contributed by atoms with Crippen molar-refractivity contribution in [3.8, 4) is 0 Å². The van der Waals surface area contributed by atoms with E-state index in [1.165, 1.54) is 7.11 Å². The highest BCUT2D eigenvalue weighted by Gasteiger charge is 2.21. The molecule has 1 aliphatic rings. The molecular weight excluding hydrogens is 170 g/mol. The van der Waals surface area contributed by atoms with Gasteiger partial charge in [0.05, 0.1) is 7.11 Å². The lowest BCUT2D eigenvalue weighted by Gasteiger charge is -2.21. The highest BCUT2D eigenvalue weighted by atomic mass is 16.5. The molecule has 0 aliphatic carbocycles. The molecule has 1 N–H and O–H groups in total. The summed E-state index contributed by atoms with van der Waals surface area (Å²) < 4.78 is 4.64. The zero-order valence-corrected chi connectivity index (χ0v) is 8.03. The molecule has 1 unspecified atom stereocenters. The first-order chi connectivity index (χ1) is 6.27.